The van der Waals surface area contributed by atoms with Gasteiger partial charge in [0.2, 0.25) is 5.91 Å². The van der Waals surface area contributed by atoms with Crippen molar-refractivity contribution in [2.24, 2.45) is 5.92 Å². The fourth-order valence-electron chi connectivity index (χ4n) is 8.17. The Morgan fingerprint density at radius 3 is 2.68 bits per heavy atom. The molecule has 2 aromatic rings. The quantitative estimate of drug-likeness (QED) is 0.560. The summed E-state index contributed by atoms with van der Waals surface area (Å²) in [4.78, 5) is 17.5. The van der Waals surface area contributed by atoms with Crippen molar-refractivity contribution in [2.75, 3.05) is 20.1 Å². The van der Waals surface area contributed by atoms with Crippen molar-refractivity contribution in [3.05, 3.63) is 59.2 Å². The zero-order chi connectivity index (χ0) is 25.5. The Labute approximate surface area is 217 Å². The lowest BCUT2D eigenvalue weighted by Crippen LogP contribution is -2.79. The summed E-state index contributed by atoms with van der Waals surface area (Å²) in [6.07, 6.45) is 3.91. The Bertz CT molecular complexity index is 1230. The van der Waals surface area contributed by atoms with Crippen molar-refractivity contribution >= 4 is 5.91 Å². The number of carbonyl (C=O) groups is 1. The lowest BCUT2D eigenvalue weighted by molar-refractivity contribution is -0.223. The lowest BCUT2D eigenvalue weighted by atomic mass is 9.47. The van der Waals surface area contributed by atoms with E-state index < -0.39 is 29.3 Å². The summed E-state index contributed by atoms with van der Waals surface area (Å²) in [5.41, 5.74) is 0.693. The van der Waals surface area contributed by atoms with Crippen LogP contribution in [0.25, 0.3) is 0 Å². The molecular formula is C30H36N2O5. The minimum absolute atomic E-state index is 0.0349. The van der Waals surface area contributed by atoms with Gasteiger partial charge in [-0.3, -0.25) is 9.69 Å². The fourth-order valence-corrected chi connectivity index (χ4v) is 8.17. The number of aryl methyl sites for hydroxylation is 1. The zero-order valence-corrected chi connectivity index (χ0v) is 21.3. The van der Waals surface area contributed by atoms with Gasteiger partial charge in [0.15, 0.2) is 11.5 Å². The second kappa shape index (κ2) is 8.19. The van der Waals surface area contributed by atoms with Gasteiger partial charge in [-0.25, -0.2) is 0 Å². The number of aliphatic hydroxyl groups excluding tert-OH is 1. The molecular weight excluding hydrogens is 468 g/mol. The van der Waals surface area contributed by atoms with Crippen LogP contribution in [0.15, 0.2) is 42.5 Å². The van der Waals surface area contributed by atoms with E-state index in [0.717, 1.165) is 29.8 Å². The fraction of sp³-hybridized carbons (Fsp3) is 0.567. The summed E-state index contributed by atoms with van der Waals surface area (Å²) in [6.45, 7) is 1.65. The number of hydrogen-bond acceptors (Lipinski definition) is 6. The maximum Gasteiger partial charge on any atom is 0.223 e. The molecule has 7 rings (SSSR count). The molecule has 0 unspecified atom stereocenters. The molecule has 3 N–H and O–H groups in total. The number of ether oxygens (including phenoxy) is 1. The third-order valence-corrected chi connectivity index (χ3v) is 10.1. The average Bonchev–Trinajstić information content (AvgIpc) is 3.64. The van der Waals surface area contributed by atoms with E-state index in [9.17, 15) is 20.1 Å². The molecule has 0 radical (unpaired) electrons. The number of rotatable bonds is 6. The molecule has 7 nitrogen and oxygen atoms in total. The number of amides is 1. The van der Waals surface area contributed by atoms with Crippen molar-refractivity contribution in [1.82, 2.24) is 9.80 Å². The van der Waals surface area contributed by atoms with Gasteiger partial charge in [-0.1, -0.05) is 36.4 Å². The van der Waals surface area contributed by atoms with Crippen LogP contribution in [-0.4, -0.2) is 75.0 Å². The first-order chi connectivity index (χ1) is 17.8. The Morgan fingerprint density at radius 2 is 1.92 bits per heavy atom. The maximum atomic E-state index is 13.4. The highest BCUT2D eigenvalue weighted by molar-refractivity contribution is 5.77. The molecule has 1 spiro atoms. The van der Waals surface area contributed by atoms with Crippen molar-refractivity contribution in [3.8, 4) is 11.5 Å². The molecule has 0 aromatic heterocycles. The number of phenols is 1. The number of nitrogens with zero attached hydrogens (tertiary/aromatic N) is 2. The van der Waals surface area contributed by atoms with Crippen LogP contribution in [-0.2, 0) is 16.6 Å². The van der Waals surface area contributed by atoms with E-state index in [2.05, 4.69) is 4.90 Å². The van der Waals surface area contributed by atoms with Gasteiger partial charge < -0.3 is 25.0 Å². The number of likely N-dealkylation sites (N-methyl/N-ethyl adjacent to an activating group) is 1. The predicted octanol–water partition coefficient (Wildman–Crippen LogP) is 2.91. The Morgan fingerprint density at radius 1 is 1.14 bits per heavy atom. The van der Waals surface area contributed by atoms with Crippen molar-refractivity contribution in [3.63, 3.8) is 0 Å². The van der Waals surface area contributed by atoms with Crippen molar-refractivity contribution < 1.29 is 24.9 Å². The van der Waals surface area contributed by atoms with Crippen LogP contribution in [0.3, 0.4) is 0 Å². The topological polar surface area (TPSA) is 93.5 Å². The first-order valence-electron chi connectivity index (χ1n) is 13.8. The number of hydrogen-bond donors (Lipinski definition) is 3. The number of phenolic OH excluding ortho intramolecular Hbond substituents is 1. The molecule has 2 aromatic carbocycles. The molecule has 2 heterocycles. The maximum absolute atomic E-state index is 13.4. The molecule has 1 saturated heterocycles. The highest BCUT2D eigenvalue weighted by atomic mass is 16.5. The third-order valence-electron chi connectivity index (χ3n) is 10.1. The van der Waals surface area contributed by atoms with Gasteiger partial charge in [0.1, 0.15) is 6.10 Å². The standard InChI is InChI=1S/C30H36N2O5/c1-31(23(34)12-9-18-5-3-2-4-6-18)21-13-14-30(36)27-25(35)20-10-11-22(33)26-24(20)29(30,28(21)37-26)15-16-32(27)17-19-7-8-19/h2-6,10-11,19,21,25,27-28,33,35-36H,7-9,12-17H2,1H3/t21-,25+,27-,28+,29+,30-/m1/s1. The van der Waals surface area contributed by atoms with Crippen LogP contribution in [0.5, 0.6) is 11.5 Å². The summed E-state index contributed by atoms with van der Waals surface area (Å²) in [6, 6.07) is 12.8. The molecule has 5 aliphatic rings. The largest absolute Gasteiger partial charge is 0.504 e. The number of benzene rings is 2. The van der Waals surface area contributed by atoms with Gasteiger partial charge in [0, 0.05) is 25.6 Å². The van der Waals surface area contributed by atoms with Crippen molar-refractivity contribution in [1.29, 1.82) is 0 Å². The minimum atomic E-state index is -1.19. The molecule has 3 aliphatic carbocycles. The lowest BCUT2D eigenvalue weighted by Gasteiger charge is -2.65. The van der Waals surface area contributed by atoms with E-state index >= 15 is 0 Å². The number of aromatic hydroxyl groups is 1. The summed E-state index contributed by atoms with van der Waals surface area (Å²) < 4.78 is 6.56. The Kier molecular flexibility index (Phi) is 5.20. The van der Waals surface area contributed by atoms with Gasteiger partial charge in [0.25, 0.3) is 0 Å². The zero-order valence-electron chi connectivity index (χ0n) is 21.3. The number of carbonyl (C=O) groups excluding carboxylic acids is 1. The average molecular weight is 505 g/mol. The molecule has 2 bridgehead atoms. The van der Waals surface area contributed by atoms with E-state index in [0.29, 0.717) is 43.8 Å². The second-order valence-corrected chi connectivity index (χ2v) is 12.0. The van der Waals surface area contributed by atoms with E-state index in [1.807, 2.05) is 42.3 Å². The van der Waals surface area contributed by atoms with E-state index in [4.69, 9.17) is 4.74 Å². The first kappa shape index (κ1) is 23.5. The number of piperidine rings is 1. The van der Waals surface area contributed by atoms with E-state index in [1.165, 1.54) is 12.8 Å². The van der Waals surface area contributed by atoms with Crippen LogP contribution in [0.2, 0.25) is 0 Å². The summed E-state index contributed by atoms with van der Waals surface area (Å²) in [5.74, 6) is 1.11. The minimum Gasteiger partial charge on any atom is -0.504 e. The van der Waals surface area contributed by atoms with E-state index in [1.54, 1.807) is 12.1 Å². The van der Waals surface area contributed by atoms with Crippen LogP contribution >= 0.6 is 0 Å². The molecule has 2 saturated carbocycles. The van der Waals surface area contributed by atoms with Crippen LogP contribution in [0, 0.1) is 5.92 Å². The van der Waals surface area contributed by atoms with Gasteiger partial charge in [-0.15, -0.1) is 0 Å². The van der Waals surface area contributed by atoms with Crippen molar-refractivity contribution in [2.45, 2.75) is 80.3 Å². The number of aliphatic hydroxyl groups is 2. The molecule has 196 valence electrons. The highest BCUT2D eigenvalue weighted by Gasteiger charge is 2.75. The smallest absolute Gasteiger partial charge is 0.223 e. The molecule has 1 amide bonds. The summed E-state index contributed by atoms with van der Waals surface area (Å²) in [5, 5.41) is 35.1. The van der Waals surface area contributed by atoms with Crippen LogP contribution in [0.4, 0.5) is 0 Å². The predicted molar refractivity (Wildman–Crippen MR) is 137 cm³/mol. The SMILES string of the molecule is CN(C(=O)CCc1ccccc1)[C@@H]1CC[C@@]2(O)[C@H]3[C@@H](O)c4ccc(O)c5c4[C@@]2(CCN3CC2CC2)[C@H]1O5. The van der Waals surface area contributed by atoms with E-state index in [-0.39, 0.29) is 17.7 Å². The molecule has 3 fully saturated rings. The van der Waals surface area contributed by atoms with Crippen LogP contribution < -0.4 is 4.74 Å². The number of likely N-dealkylation sites (tertiary alicyclic amines) is 1. The molecule has 2 aliphatic heterocycles. The first-order valence-corrected chi connectivity index (χ1v) is 13.8. The monoisotopic (exact) mass is 504 g/mol. The van der Waals surface area contributed by atoms with Gasteiger partial charge in [-0.2, -0.15) is 0 Å². The highest BCUT2D eigenvalue weighted by Crippen LogP contribution is 2.67. The summed E-state index contributed by atoms with van der Waals surface area (Å²) in [7, 11) is 1.85. The molecule has 6 atom stereocenters. The summed E-state index contributed by atoms with van der Waals surface area (Å²) >= 11 is 0. The Balaban J connectivity index is 1.25. The second-order valence-electron chi connectivity index (χ2n) is 12.0. The van der Waals surface area contributed by atoms with Gasteiger partial charge >= 0.3 is 0 Å². The Hall–Kier alpha value is -2.61. The molecule has 37 heavy (non-hydrogen) atoms. The third kappa shape index (κ3) is 3.20. The van der Waals surface area contributed by atoms with Crippen LogP contribution in [0.1, 0.15) is 61.3 Å². The molecule has 7 heteroatoms. The normalized spacial score (nSPS) is 35.5. The van der Waals surface area contributed by atoms with Gasteiger partial charge in [0.05, 0.1) is 29.2 Å². The van der Waals surface area contributed by atoms with Gasteiger partial charge in [-0.05, 0) is 68.2 Å².